The Bertz CT molecular complexity index is 258. The molecule has 0 aromatic carbocycles. The molecule has 0 aromatic rings. The Kier molecular flexibility index (Phi) is 6.12. The zero-order valence-corrected chi connectivity index (χ0v) is 12.1. The van der Waals surface area contributed by atoms with Gasteiger partial charge in [0.2, 0.25) is 0 Å². The molecule has 0 amide bonds. The second-order valence-electron chi connectivity index (χ2n) is 5.91. The second-order valence-corrected chi connectivity index (χ2v) is 5.91. The van der Waals surface area contributed by atoms with Crippen LogP contribution in [0.4, 0.5) is 13.2 Å². The summed E-state index contributed by atoms with van der Waals surface area (Å²) in [6.45, 7) is 6.09. The van der Waals surface area contributed by atoms with Crippen molar-refractivity contribution in [3.63, 3.8) is 0 Å². The van der Waals surface area contributed by atoms with Gasteiger partial charge in [-0.25, -0.2) is 0 Å². The average Bonchev–Trinajstić information content (AvgIpc) is 2.35. The molecule has 0 aromatic heterocycles. The van der Waals surface area contributed by atoms with Crippen molar-refractivity contribution in [1.82, 2.24) is 4.90 Å². The molecule has 1 aliphatic rings. The molecule has 0 atom stereocenters. The van der Waals surface area contributed by atoms with Gasteiger partial charge >= 0.3 is 6.18 Å². The van der Waals surface area contributed by atoms with Gasteiger partial charge in [0, 0.05) is 18.5 Å². The van der Waals surface area contributed by atoms with Gasteiger partial charge in [0.1, 0.15) is 0 Å². The van der Waals surface area contributed by atoms with Crippen molar-refractivity contribution < 1.29 is 13.2 Å². The molecule has 0 aliphatic heterocycles. The van der Waals surface area contributed by atoms with Gasteiger partial charge in [-0.05, 0) is 51.1 Å². The second kappa shape index (κ2) is 6.93. The van der Waals surface area contributed by atoms with E-state index in [1.54, 1.807) is 0 Å². The van der Waals surface area contributed by atoms with Gasteiger partial charge in [-0.2, -0.15) is 13.2 Å². The van der Waals surface area contributed by atoms with Gasteiger partial charge < -0.3 is 5.73 Å². The smallest absolute Gasteiger partial charge is 0.329 e. The largest absolute Gasteiger partial charge is 0.389 e. The summed E-state index contributed by atoms with van der Waals surface area (Å²) in [6.07, 6.45) is -0.263. The lowest BCUT2D eigenvalue weighted by Crippen LogP contribution is -2.55. The lowest BCUT2D eigenvalue weighted by Gasteiger charge is -2.47. The minimum Gasteiger partial charge on any atom is -0.329 e. The molecule has 1 saturated carbocycles. The quantitative estimate of drug-likeness (QED) is 0.806. The van der Waals surface area contributed by atoms with E-state index in [1.807, 2.05) is 6.92 Å². The molecule has 5 heteroatoms. The van der Waals surface area contributed by atoms with Gasteiger partial charge in [0.05, 0.1) is 0 Å². The van der Waals surface area contributed by atoms with Gasteiger partial charge in [-0.15, -0.1) is 0 Å². The molecule has 0 unspecified atom stereocenters. The lowest BCUT2D eigenvalue weighted by atomic mass is 9.76. The van der Waals surface area contributed by atoms with Crippen LogP contribution in [-0.2, 0) is 0 Å². The number of likely N-dealkylation sites (N-methyl/N-ethyl adjacent to an activating group) is 1. The standard InChI is InChI=1S/C14H27F3N2/c1-3-19(10-4-7-14(15,16)17)13(11-18)8-5-12(2)6-9-13/h12H,3-11,18H2,1-2H3. The highest BCUT2D eigenvalue weighted by molar-refractivity contribution is 4.95. The van der Waals surface area contributed by atoms with E-state index in [1.165, 1.54) is 0 Å². The highest BCUT2D eigenvalue weighted by atomic mass is 19.4. The summed E-state index contributed by atoms with van der Waals surface area (Å²) in [4.78, 5) is 2.19. The van der Waals surface area contributed by atoms with Crippen molar-refractivity contribution in [3.8, 4) is 0 Å². The lowest BCUT2D eigenvalue weighted by molar-refractivity contribution is -0.137. The highest BCUT2D eigenvalue weighted by Crippen LogP contribution is 2.36. The van der Waals surface area contributed by atoms with Crippen LogP contribution in [0.25, 0.3) is 0 Å². The van der Waals surface area contributed by atoms with Crippen LogP contribution in [0.2, 0.25) is 0 Å². The third kappa shape index (κ3) is 4.95. The maximum Gasteiger partial charge on any atom is 0.389 e. The summed E-state index contributed by atoms with van der Waals surface area (Å²) < 4.78 is 36.7. The molecule has 0 heterocycles. The van der Waals surface area contributed by atoms with Crippen LogP contribution in [0.3, 0.4) is 0 Å². The summed E-state index contributed by atoms with van der Waals surface area (Å²) in [5, 5.41) is 0. The molecule has 0 radical (unpaired) electrons. The zero-order chi connectivity index (χ0) is 14.5. The summed E-state index contributed by atoms with van der Waals surface area (Å²) in [7, 11) is 0. The first-order chi connectivity index (χ1) is 8.83. The minimum atomic E-state index is -4.05. The van der Waals surface area contributed by atoms with Crippen molar-refractivity contribution in [2.24, 2.45) is 11.7 Å². The van der Waals surface area contributed by atoms with Crippen LogP contribution < -0.4 is 5.73 Å². The Labute approximate surface area is 114 Å². The number of hydrogen-bond acceptors (Lipinski definition) is 2. The fraction of sp³-hybridized carbons (Fsp3) is 1.00. The first-order valence-corrected chi connectivity index (χ1v) is 7.35. The Morgan fingerprint density at radius 3 is 2.26 bits per heavy atom. The molecule has 2 nitrogen and oxygen atoms in total. The normalized spacial score (nSPS) is 28.9. The third-order valence-corrected chi connectivity index (χ3v) is 4.53. The number of alkyl halides is 3. The first kappa shape index (κ1) is 16.8. The van der Waals surface area contributed by atoms with E-state index >= 15 is 0 Å². The van der Waals surface area contributed by atoms with E-state index < -0.39 is 12.6 Å². The van der Waals surface area contributed by atoms with Gasteiger partial charge in [0.25, 0.3) is 0 Å². The summed E-state index contributed by atoms with van der Waals surface area (Å²) in [5.41, 5.74) is 5.89. The Morgan fingerprint density at radius 1 is 1.26 bits per heavy atom. The molecule has 1 fully saturated rings. The summed E-state index contributed by atoms with van der Waals surface area (Å²) in [6, 6.07) is 0. The molecule has 1 rings (SSSR count). The van der Waals surface area contributed by atoms with Crippen molar-refractivity contribution in [3.05, 3.63) is 0 Å². The third-order valence-electron chi connectivity index (χ3n) is 4.53. The van der Waals surface area contributed by atoms with Gasteiger partial charge in [-0.3, -0.25) is 4.90 Å². The van der Waals surface area contributed by atoms with E-state index in [-0.39, 0.29) is 12.0 Å². The fourth-order valence-corrected chi connectivity index (χ4v) is 3.15. The molecule has 0 spiro atoms. The molecule has 1 aliphatic carbocycles. The Balaban J connectivity index is 2.55. The van der Waals surface area contributed by atoms with E-state index in [0.29, 0.717) is 19.0 Å². The van der Waals surface area contributed by atoms with Crippen molar-refractivity contribution in [2.75, 3.05) is 19.6 Å². The van der Waals surface area contributed by atoms with Gasteiger partial charge in [-0.1, -0.05) is 13.8 Å². The molecule has 2 N–H and O–H groups in total. The molecule has 0 saturated heterocycles. The van der Waals surface area contributed by atoms with E-state index in [2.05, 4.69) is 11.8 Å². The molecule has 0 bridgehead atoms. The van der Waals surface area contributed by atoms with E-state index in [9.17, 15) is 13.2 Å². The predicted octanol–water partition coefficient (Wildman–Crippen LogP) is 3.56. The molecule has 19 heavy (non-hydrogen) atoms. The van der Waals surface area contributed by atoms with Crippen LogP contribution >= 0.6 is 0 Å². The maximum atomic E-state index is 12.2. The number of halogens is 3. The van der Waals surface area contributed by atoms with E-state index in [0.717, 1.165) is 32.2 Å². The molecule has 114 valence electrons. The highest BCUT2D eigenvalue weighted by Gasteiger charge is 2.38. The van der Waals surface area contributed by atoms with Crippen LogP contribution in [0.15, 0.2) is 0 Å². The van der Waals surface area contributed by atoms with Crippen molar-refractivity contribution in [1.29, 1.82) is 0 Å². The Hall–Kier alpha value is -0.290. The predicted molar refractivity (Wildman–Crippen MR) is 72.0 cm³/mol. The van der Waals surface area contributed by atoms with Crippen molar-refractivity contribution >= 4 is 0 Å². The van der Waals surface area contributed by atoms with Crippen LogP contribution in [-0.4, -0.2) is 36.2 Å². The Morgan fingerprint density at radius 2 is 1.84 bits per heavy atom. The van der Waals surface area contributed by atoms with Gasteiger partial charge in [0.15, 0.2) is 0 Å². The maximum absolute atomic E-state index is 12.2. The number of nitrogens with two attached hydrogens (primary N) is 1. The SMILES string of the molecule is CCN(CCCC(F)(F)F)C1(CN)CCC(C)CC1. The fourth-order valence-electron chi connectivity index (χ4n) is 3.15. The number of hydrogen-bond donors (Lipinski definition) is 1. The summed E-state index contributed by atoms with van der Waals surface area (Å²) >= 11 is 0. The van der Waals surface area contributed by atoms with Crippen LogP contribution in [0.5, 0.6) is 0 Å². The minimum absolute atomic E-state index is 0.0626. The van der Waals surface area contributed by atoms with Crippen LogP contribution in [0.1, 0.15) is 52.4 Å². The topological polar surface area (TPSA) is 29.3 Å². The van der Waals surface area contributed by atoms with Crippen molar-refractivity contribution in [2.45, 2.75) is 64.1 Å². The molecular formula is C14H27F3N2. The number of nitrogens with zero attached hydrogens (tertiary/aromatic N) is 1. The monoisotopic (exact) mass is 280 g/mol. The first-order valence-electron chi connectivity index (χ1n) is 7.35. The molecular weight excluding hydrogens is 253 g/mol. The number of rotatable bonds is 6. The zero-order valence-electron chi connectivity index (χ0n) is 12.1. The van der Waals surface area contributed by atoms with E-state index in [4.69, 9.17) is 5.73 Å². The summed E-state index contributed by atoms with van der Waals surface area (Å²) in [5.74, 6) is 0.716. The average molecular weight is 280 g/mol. The van der Waals surface area contributed by atoms with Crippen LogP contribution in [0, 0.1) is 5.92 Å².